The lowest BCUT2D eigenvalue weighted by molar-refractivity contribution is 0.322. The highest BCUT2D eigenvalue weighted by molar-refractivity contribution is 8.13. The van der Waals surface area contributed by atoms with E-state index in [1.807, 2.05) is 6.92 Å². The van der Waals surface area contributed by atoms with Gasteiger partial charge in [-0.2, -0.15) is 0 Å². The van der Waals surface area contributed by atoms with E-state index < -0.39 is 9.05 Å². The third-order valence-corrected chi connectivity index (χ3v) is 5.81. The van der Waals surface area contributed by atoms with Gasteiger partial charge in [0.25, 0.3) is 14.2 Å². The van der Waals surface area contributed by atoms with Gasteiger partial charge in [-0.3, -0.25) is 0 Å². The molecule has 1 aromatic heterocycles. The molecular formula is C12H18ClN3O2S. The minimum absolute atomic E-state index is 0.116. The van der Waals surface area contributed by atoms with E-state index in [1.54, 1.807) is 4.57 Å². The second kappa shape index (κ2) is 4.74. The maximum atomic E-state index is 11.4. The second-order valence-electron chi connectivity index (χ2n) is 5.72. The summed E-state index contributed by atoms with van der Waals surface area (Å²) in [4.78, 5) is 0. The smallest absolute Gasteiger partial charge is 0.296 e. The average molecular weight is 304 g/mol. The van der Waals surface area contributed by atoms with Crippen LogP contribution in [0.25, 0.3) is 0 Å². The molecule has 5 nitrogen and oxygen atoms in total. The van der Waals surface area contributed by atoms with Crippen molar-refractivity contribution < 1.29 is 8.42 Å². The van der Waals surface area contributed by atoms with Crippen LogP contribution in [0.5, 0.6) is 0 Å². The summed E-state index contributed by atoms with van der Waals surface area (Å²) >= 11 is 0. The maximum absolute atomic E-state index is 11.4. The second-order valence-corrected chi connectivity index (χ2v) is 8.18. The number of rotatable bonds is 4. The Balaban J connectivity index is 1.84. The van der Waals surface area contributed by atoms with Gasteiger partial charge in [0.05, 0.1) is 0 Å². The molecule has 19 heavy (non-hydrogen) atoms. The summed E-state index contributed by atoms with van der Waals surface area (Å²) in [5.41, 5.74) is 0. The van der Waals surface area contributed by atoms with Crippen LogP contribution in [0, 0.1) is 17.8 Å². The van der Waals surface area contributed by atoms with Gasteiger partial charge < -0.3 is 4.57 Å². The van der Waals surface area contributed by atoms with Crippen LogP contribution in [0.4, 0.5) is 0 Å². The first-order valence-corrected chi connectivity index (χ1v) is 9.16. The lowest BCUT2D eigenvalue weighted by atomic mass is 9.86. The van der Waals surface area contributed by atoms with Crippen molar-refractivity contribution in [2.45, 2.75) is 50.7 Å². The van der Waals surface area contributed by atoms with E-state index >= 15 is 0 Å². The van der Waals surface area contributed by atoms with Crippen LogP contribution in [0.2, 0.25) is 0 Å². The van der Waals surface area contributed by atoms with E-state index in [0.29, 0.717) is 12.5 Å². The van der Waals surface area contributed by atoms with Crippen molar-refractivity contribution >= 4 is 19.7 Å². The Morgan fingerprint density at radius 1 is 1.32 bits per heavy atom. The predicted octanol–water partition coefficient (Wildman–Crippen LogP) is 2.20. The molecule has 0 amide bonds. The van der Waals surface area contributed by atoms with Gasteiger partial charge in [-0.15, -0.1) is 10.2 Å². The molecule has 0 spiro atoms. The molecule has 3 atom stereocenters. The van der Waals surface area contributed by atoms with Gasteiger partial charge in [0, 0.05) is 23.6 Å². The van der Waals surface area contributed by atoms with Gasteiger partial charge in [0.15, 0.2) is 0 Å². The van der Waals surface area contributed by atoms with Crippen molar-refractivity contribution in [3.63, 3.8) is 0 Å². The molecule has 2 aliphatic rings. The summed E-state index contributed by atoms with van der Waals surface area (Å²) in [7, 11) is 1.58. The Morgan fingerprint density at radius 3 is 2.63 bits per heavy atom. The number of hydrogen-bond acceptors (Lipinski definition) is 4. The Kier molecular flexibility index (Phi) is 3.33. The molecule has 2 saturated carbocycles. The molecule has 3 rings (SSSR count). The number of halogens is 1. The molecule has 0 aromatic carbocycles. The van der Waals surface area contributed by atoms with Gasteiger partial charge in [-0.1, -0.05) is 6.42 Å². The van der Waals surface area contributed by atoms with Gasteiger partial charge >= 0.3 is 0 Å². The highest BCUT2D eigenvalue weighted by Gasteiger charge is 2.40. The van der Waals surface area contributed by atoms with E-state index in [2.05, 4.69) is 10.2 Å². The monoisotopic (exact) mass is 303 g/mol. The lowest BCUT2D eigenvalue weighted by Gasteiger charge is -2.21. The first kappa shape index (κ1) is 13.4. The molecule has 2 bridgehead atoms. The average Bonchev–Trinajstić information content (AvgIpc) is 3.01. The zero-order valence-corrected chi connectivity index (χ0v) is 12.5. The third kappa shape index (κ3) is 2.40. The third-order valence-electron chi connectivity index (χ3n) is 4.66. The van der Waals surface area contributed by atoms with Crippen molar-refractivity contribution in [3.05, 3.63) is 5.82 Å². The normalized spacial score (nSPS) is 30.1. The SMILES string of the molecule is CCn1c(CC2CC3CCC2C3)nnc1S(=O)(=O)Cl. The molecule has 106 valence electrons. The van der Waals surface area contributed by atoms with E-state index in [9.17, 15) is 8.42 Å². The van der Waals surface area contributed by atoms with E-state index in [4.69, 9.17) is 10.7 Å². The van der Waals surface area contributed by atoms with Crippen LogP contribution in [0.3, 0.4) is 0 Å². The molecule has 1 heterocycles. The van der Waals surface area contributed by atoms with Gasteiger partial charge in [0.1, 0.15) is 5.82 Å². The highest BCUT2D eigenvalue weighted by atomic mass is 35.7. The summed E-state index contributed by atoms with van der Waals surface area (Å²) in [6.45, 7) is 2.42. The number of nitrogens with zero attached hydrogens (tertiary/aromatic N) is 3. The molecule has 0 N–H and O–H groups in total. The fourth-order valence-corrected chi connectivity index (χ4v) is 4.81. The molecule has 3 unspecified atom stereocenters. The zero-order valence-electron chi connectivity index (χ0n) is 10.9. The van der Waals surface area contributed by atoms with E-state index in [-0.39, 0.29) is 5.16 Å². The molecular weight excluding hydrogens is 286 g/mol. The highest BCUT2D eigenvalue weighted by Crippen LogP contribution is 2.49. The summed E-state index contributed by atoms with van der Waals surface area (Å²) in [5, 5.41) is 7.69. The quantitative estimate of drug-likeness (QED) is 0.800. The van der Waals surface area contributed by atoms with Crippen molar-refractivity contribution in [1.29, 1.82) is 0 Å². The topological polar surface area (TPSA) is 64.8 Å². The Hall–Kier alpha value is -0.620. The lowest BCUT2D eigenvalue weighted by Crippen LogP contribution is -2.17. The predicted molar refractivity (Wildman–Crippen MR) is 71.4 cm³/mol. The first-order valence-electron chi connectivity index (χ1n) is 6.85. The zero-order chi connectivity index (χ0) is 13.6. The number of hydrogen-bond donors (Lipinski definition) is 0. The van der Waals surface area contributed by atoms with Crippen molar-refractivity contribution in [3.8, 4) is 0 Å². The van der Waals surface area contributed by atoms with Gasteiger partial charge in [0.2, 0.25) is 0 Å². The number of aromatic nitrogens is 3. The molecule has 2 fully saturated rings. The minimum Gasteiger partial charge on any atom is -0.301 e. The van der Waals surface area contributed by atoms with Crippen LogP contribution in [-0.2, 0) is 22.0 Å². The molecule has 0 saturated heterocycles. The molecule has 7 heteroatoms. The Bertz CT molecular complexity index is 584. The number of fused-ring (bicyclic) bond motifs is 2. The van der Waals surface area contributed by atoms with E-state index in [0.717, 1.165) is 24.1 Å². The van der Waals surface area contributed by atoms with Crippen molar-refractivity contribution in [2.24, 2.45) is 17.8 Å². The van der Waals surface area contributed by atoms with Gasteiger partial charge in [-0.25, -0.2) is 8.42 Å². The minimum atomic E-state index is -3.81. The molecule has 0 radical (unpaired) electrons. The van der Waals surface area contributed by atoms with Crippen LogP contribution in [-0.4, -0.2) is 23.2 Å². The standard InChI is InChI=1S/C12H18ClN3O2S/c1-2-16-11(14-15-12(16)19(13,17)18)7-10-6-8-3-4-9(10)5-8/h8-10H,2-7H2,1H3. The Morgan fingerprint density at radius 2 is 2.11 bits per heavy atom. The van der Waals surface area contributed by atoms with Crippen LogP contribution >= 0.6 is 10.7 Å². The molecule has 2 aliphatic carbocycles. The molecule has 1 aromatic rings. The summed E-state index contributed by atoms with van der Waals surface area (Å²) < 4.78 is 24.5. The first-order chi connectivity index (χ1) is 8.99. The molecule has 0 aliphatic heterocycles. The summed E-state index contributed by atoms with van der Waals surface area (Å²) in [6.07, 6.45) is 6.10. The fraction of sp³-hybridized carbons (Fsp3) is 0.833. The Labute approximate surface area is 117 Å². The van der Waals surface area contributed by atoms with Crippen molar-refractivity contribution in [1.82, 2.24) is 14.8 Å². The van der Waals surface area contributed by atoms with Gasteiger partial charge in [-0.05, 0) is 43.9 Å². The summed E-state index contributed by atoms with van der Waals surface area (Å²) in [5.74, 6) is 3.07. The maximum Gasteiger partial charge on any atom is 0.296 e. The van der Waals surface area contributed by atoms with Crippen LogP contribution in [0.1, 0.15) is 38.4 Å². The van der Waals surface area contributed by atoms with Crippen LogP contribution in [0.15, 0.2) is 5.16 Å². The fourth-order valence-electron chi connectivity index (χ4n) is 3.83. The summed E-state index contributed by atoms with van der Waals surface area (Å²) in [6, 6.07) is 0. The largest absolute Gasteiger partial charge is 0.301 e. The van der Waals surface area contributed by atoms with Crippen molar-refractivity contribution in [2.75, 3.05) is 0 Å². The van der Waals surface area contributed by atoms with E-state index in [1.165, 1.54) is 25.7 Å². The van der Waals surface area contributed by atoms with Crippen LogP contribution < -0.4 is 0 Å².